The summed E-state index contributed by atoms with van der Waals surface area (Å²) >= 11 is 6.08. The molecule has 32 heavy (non-hydrogen) atoms. The zero-order valence-corrected chi connectivity index (χ0v) is 18.5. The van der Waals surface area contributed by atoms with Gasteiger partial charge in [0.1, 0.15) is 5.75 Å². The molecule has 2 aromatic heterocycles. The highest BCUT2D eigenvalue weighted by Gasteiger charge is 2.28. The van der Waals surface area contributed by atoms with E-state index < -0.39 is 5.69 Å². The van der Waals surface area contributed by atoms with Crippen molar-refractivity contribution in [3.8, 4) is 5.75 Å². The molecule has 0 fully saturated rings. The summed E-state index contributed by atoms with van der Waals surface area (Å²) in [6, 6.07) is 14.9. The number of ether oxygens (including phenoxy) is 1. The van der Waals surface area contributed by atoms with Crippen LogP contribution >= 0.6 is 11.6 Å². The molecule has 0 unspecified atom stereocenters. The molecule has 0 aliphatic carbocycles. The molecule has 0 N–H and O–H groups in total. The van der Waals surface area contributed by atoms with Crippen molar-refractivity contribution >= 4 is 34.4 Å². The summed E-state index contributed by atoms with van der Waals surface area (Å²) in [5, 5.41) is 0.560. The van der Waals surface area contributed by atoms with Crippen molar-refractivity contribution in [1.29, 1.82) is 0 Å². The van der Waals surface area contributed by atoms with Gasteiger partial charge < -0.3 is 14.2 Å². The maximum absolute atomic E-state index is 13.4. The van der Waals surface area contributed by atoms with Crippen molar-refractivity contribution in [1.82, 2.24) is 18.7 Å². The van der Waals surface area contributed by atoms with Crippen molar-refractivity contribution < 1.29 is 4.74 Å². The summed E-state index contributed by atoms with van der Waals surface area (Å²) < 4.78 is 10.1. The molecule has 5 rings (SSSR count). The first-order chi connectivity index (χ1) is 15.5. The lowest BCUT2D eigenvalue weighted by molar-refractivity contribution is 0.340. The molecule has 1 aliphatic heterocycles. The second-order valence-electron chi connectivity index (χ2n) is 7.68. The number of anilines is 2. The summed E-state index contributed by atoms with van der Waals surface area (Å²) in [6.07, 6.45) is 0. The van der Waals surface area contributed by atoms with Gasteiger partial charge in [-0.25, -0.2) is 4.79 Å². The van der Waals surface area contributed by atoms with Gasteiger partial charge in [0.05, 0.1) is 13.2 Å². The number of hydrogen-bond acceptors (Lipinski definition) is 5. The van der Waals surface area contributed by atoms with Gasteiger partial charge in [0.15, 0.2) is 11.2 Å². The normalized spacial score (nSPS) is 13.0. The van der Waals surface area contributed by atoms with Crippen LogP contribution < -0.4 is 20.9 Å². The molecule has 2 aromatic carbocycles. The van der Waals surface area contributed by atoms with E-state index in [0.717, 1.165) is 17.0 Å². The van der Waals surface area contributed by atoms with E-state index in [1.54, 1.807) is 25.2 Å². The first-order valence-corrected chi connectivity index (χ1v) is 10.8. The molecule has 9 heteroatoms. The van der Waals surface area contributed by atoms with Crippen LogP contribution in [0.1, 0.15) is 12.5 Å². The van der Waals surface area contributed by atoms with Crippen LogP contribution in [0.2, 0.25) is 5.02 Å². The Morgan fingerprint density at radius 1 is 1.09 bits per heavy atom. The fourth-order valence-corrected chi connectivity index (χ4v) is 4.38. The molecule has 0 spiro atoms. The van der Waals surface area contributed by atoms with Gasteiger partial charge in [-0.1, -0.05) is 23.7 Å². The molecule has 0 atom stereocenters. The molecule has 0 saturated carbocycles. The lowest BCUT2D eigenvalue weighted by Gasteiger charge is -2.16. The minimum atomic E-state index is -0.410. The number of nitrogens with zero attached hydrogens (tertiary/aromatic N) is 5. The average Bonchev–Trinajstić information content (AvgIpc) is 3.36. The smallest absolute Gasteiger partial charge is 0.332 e. The van der Waals surface area contributed by atoms with Gasteiger partial charge in [-0.3, -0.25) is 13.9 Å². The van der Waals surface area contributed by atoms with Gasteiger partial charge in [-0.05, 0) is 48.9 Å². The van der Waals surface area contributed by atoms with Crippen LogP contribution in [0.15, 0.2) is 58.1 Å². The van der Waals surface area contributed by atoms with Crippen LogP contribution in [0, 0.1) is 0 Å². The maximum atomic E-state index is 13.4. The molecule has 3 heterocycles. The third-order valence-electron chi connectivity index (χ3n) is 5.69. The molecular weight excluding hydrogens is 430 g/mol. The summed E-state index contributed by atoms with van der Waals surface area (Å²) in [5.74, 6) is 1.45. The predicted molar refractivity (Wildman–Crippen MR) is 124 cm³/mol. The van der Waals surface area contributed by atoms with E-state index in [9.17, 15) is 9.59 Å². The van der Waals surface area contributed by atoms with Crippen LogP contribution in [-0.4, -0.2) is 31.8 Å². The summed E-state index contributed by atoms with van der Waals surface area (Å²) in [7, 11) is 1.64. The van der Waals surface area contributed by atoms with E-state index in [0.29, 0.717) is 41.8 Å². The van der Waals surface area contributed by atoms with E-state index in [-0.39, 0.29) is 12.1 Å². The van der Waals surface area contributed by atoms with Gasteiger partial charge in [0.25, 0.3) is 5.56 Å². The Hall–Kier alpha value is -3.52. The Labute approximate surface area is 188 Å². The molecule has 0 saturated heterocycles. The quantitative estimate of drug-likeness (QED) is 0.466. The Morgan fingerprint density at radius 3 is 2.59 bits per heavy atom. The second kappa shape index (κ2) is 7.87. The van der Waals surface area contributed by atoms with Crippen molar-refractivity contribution in [2.24, 2.45) is 7.05 Å². The lowest BCUT2D eigenvalue weighted by atomic mass is 10.2. The van der Waals surface area contributed by atoms with Crippen molar-refractivity contribution in [2.45, 2.75) is 20.0 Å². The Bertz CT molecular complexity index is 1440. The largest absolute Gasteiger partial charge is 0.494 e. The van der Waals surface area contributed by atoms with Crippen LogP contribution in [0.4, 0.5) is 11.6 Å². The van der Waals surface area contributed by atoms with Crippen LogP contribution in [0.25, 0.3) is 11.2 Å². The van der Waals surface area contributed by atoms with Crippen LogP contribution in [-0.2, 0) is 20.1 Å². The van der Waals surface area contributed by atoms with E-state index >= 15 is 0 Å². The minimum Gasteiger partial charge on any atom is -0.494 e. The van der Waals surface area contributed by atoms with E-state index in [2.05, 4.69) is 4.98 Å². The van der Waals surface area contributed by atoms with E-state index in [1.807, 2.05) is 46.7 Å². The summed E-state index contributed by atoms with van der Waals surface area (Å²) in [5.41, 5.74) is 1.78. The monoisotopic (exact) mass is 451 g/mol. The van der Waals surface area contributed by atoms with Crippen molar-refractivity contribution in [3.05, 3.63) is 80.0 Å². The van der Waals surface area contributed by atoms with Crippen LogP contribution in [0.3, 0.4) is 0 Å². The fourth-order valence-electron chi connectivity index (χ4n) is 4.17. The third-order valence-corrected chi connectivity index (χ3v) is 5.93. The standard InChI is InChI=1S/C23H22ClN5O3/c1-3-32-18-9-7-17(8-10-18)27-11-12-28-19-20(25-22(27)28)26(2)23(31)29(21(19)30)14-15-5-4-6-16(24)13-15/h4-10,13H,3,11-12,14H2,1-2H3. The molecule has 0 amide bonds. The minimum absolute atomic E-state index is 0.144. The molecule has 0 radical (unpaired) electrons. The highest BCUT2D eigenvalue weighted by molar-refractivity contribution is 6.30. The van der Waals surface area contributed by atoms with Gasteiger partial charge in [-0.15, -0.1) is 0 Å². The van der Waals surface area contributed by atoms with Crippen molar-refractivity contribution in [3.63, 3.8) is 0 Å². The Kier molecular flexibility index (Phi) is 5.01. The van der Waals surface area contributed by atoms with E-state index in [4.69, 9.17) is 16.3 Å². The first kappa shape index (κ1) is 20.4. The summed E-state index contributed by atoms with van der Waals surface area (Å²) in [4.78, 5) is 33.1. The molecule has 1 aliphatic rings. The summed E-state index contributed by atoms with van der Waals surface area (Å²) in [6.45, 7) is 3.98. The van der Waals surface area contributed by atoms with Crippen molar-refractivity contribution in [2.75, 3.05) is 18.1 Å². The molecule has 4 aromatic rings. The highest BCUT2D eigenvalue weighted by atomic mass is 35.5. The zero-order chi connectivity index (χ0) is 22.4. The van der Waals surface area contributed by atoms with Gasteiger partial charge in [0, 0.05) is 30.8 Å². The third kappa shape index (κ3) is 3.27. The number of aromatic nitrogens is 4. The topological polar surface area (TPSA) is 74.3 Å². The number of imidazole rings is 1. The second-order valence-corrected chi connectivity index (χ2v) is 8.11. The predicted octanol–water partition coefficient (Wildman–Crippen LogP) is 3.15. The van der Waals surface area contributed by atoms with Gasteiger partial charge in [0.2, 0.25) is 5.95 Å². The molecule has 164 valence electrons. The lowest BCUT2D eigenvalue weighted by Crippen LogP contribution is -2.40. The molecular formula is C23H22ClN5O3. The number of rotatable bonds is 5. The van der Waals surface area contributed by atoms with Gasteiger partial charge >= 0.3 is 5.69 Å². The number of hydrogen-bond donors (Lipinski definition) is 0. The SMILES string of the molecule is CCOc1ccc(N2CCn3c2nc2c3c(=O)n(Cc3cccc(Cl)c3)c(=O)n2C)cc1. The Balaban J connectivity index is 1.60. The average molecular weight is 452 g/mol. The first-order valence-electron chi connectivity index (χ1n) is 10.4. The highest BCUT2D eigenvalue weighted by Crippen LogP contribution is 2.32. The number of halogens is 1. The number of aryl methyl sites for hydroxylation is 1. The molecule has 8 nitrogen and oxygen atoms in total. The number of benzene rings is 2. The maximum Gasteiger partial charge on any atom is 0.332 e. The van der Waals surface area contributed by atoms with Crippen LogP contribution in [0.5, 0.6) is 5.75 Å². The zero-order valence-electron chi connectivity index (χ0n) is 17.8. The fraction of sp³-hybridized carbons (Fsp3) is 0.261. The van der Waals surface area contributed by atoms with E-state index in [1.165, 1.54) is 9.13 Å². The molecule has 0 bridgehead atoms. The number of fused-ring (bicyclic) bond motifs is 3. The Morgan fingerprint density at radius 2 is 1.88 bits per heavy atom. The van der Waals surface area contributed by atoms with Gasteiger partial charge in [-0.2, -0.15) is 4.98 Å².